The van der Waals surface area contributed by atoms with Crippen LogP contribution < -0.4 is 14.8 Å². The summed E-state index contributed by atoms with van der Waals surface area (Å²) in [6.07, 6.45) is 0.0416. The zero-order valence-electron chi connectivity index (χ0n) is 14.7. The number of carbonyl (C=O) groups excluding carboxylic acids is 2. The molecule has 0 bridgehead atoms. The fourth-order valence-electron chi connectivity index (χ4n) is 2.12. The summed E-state index contributed by atoms with van der Waals surface area (Å²) in [7, 11) is 1.48. The number of amides is 1. The average Bonchev–Trinajstić information content (AvgIpc) is 2.60. The fourth-order valence-corrected chi connectivity index (χ4v) is 2.29. The highest BCUT2D eigenvalue weighted by Gasteiger charge is 2.13. The molecule has 0 fully saturated rings. The Labute approximate surface area is 157 Å². The number of ether oxygens (including phenoxy) is 3. The predicted molar refractivity (Wildman–Crippen MR) is 99.1 cm³/mol. The molecular formula is C19H20ClNO5. The van der Waals surface area contributed by atoms with Gasteiger partial charge in [-0.15, -0.1) is 0 Å². The highest BCUT2D eigenvalue weighted by Crippen LogP contribution is 2.27. The SMILES string of the molecule is COc1ccc(Cl)cc1NC(=O)COC(=O)c1ccc(OC(C)C)cc1. The van der Waals surface area contributed by atoms with Crippen molar-refractivity contribution in [2.75, 3.05) is 19.0 Å². The molecule has 0 radical (unpaired) electrons. The lowest BCUT2D eigenvalue weighted by atomic mass is 10.2. The minimum absolute atomic E-state index is 0.0416. The van der Waals surface area contributed by atoms with E-state index in [0.29, 0.717) is 27.8 Å². The maximum absolute atomic E-state index is 12.0. The van der Waals surface area contributed by atoms with Gasteiger partial charge in [0.2, 0.25) is 0 Å². The summed E-state index contributed by atoms with van der Waals surface area (Å²) in [5, 5.41) is 3.04. The van der Waals surface area contributed by atoms with E-state index in [9.17, 15) is 9.59 Å². The summed E-state index contributed by atoms with van der Waals surface area (Å²) >= 11 is 5.91. The molecule has 0 saturated heterocycles. The van der Waals surface area contributed by atoms with Gasteiger partial charge in [-0.3, -0.25) is 4.79 Å². The normalized spacial score (nSPS) is 10.3. The van der Waals surface area contributed by atoms with Crippen molar-refractivity contribution in [1.82, 2.24) is 0 Å². The summed E-state index contributed by atoms with van der Waals surface area (Å²) in [5.41, 5.74) is 0.727. The smallest absolute Gasteiger partial charge is 0.338 e. The lowest BCUT2D eigenvalue weighted by molar-refractivity contribution is -0.119. The van der Waals surface area contributed by atoms with E-state index in [1.54, 1.807) is 42.5 Å². The van der Waals surface area contributed by atoms with E-state index >= 15 is 0 Å². The highest BCUT2D eigenvalue weighted by atomic mass is 35.5. The van der Waals surface area contributed by atoms with E-state index in [1.807, 2.05) is 13.8 Å². The van der Waals surface area contributed by atoms with Crippen molar-refractivity contribution in [3.05, 3.63) is 53.1 Å². The van der Waals surface area contributed by atoms with E-state index in [4.69, 9.17) is 25.8 Å². The van der Waals surface area contributed by atoms with Gasteiger partial charge in [0.15, 0.2) is 6.61 Å². The first-order chi connectivity index (χ1) is 12.4. The Morgan fingerprint density at radius 3 is 2.42 bits per heavy atom. The Hall–Kier alpha value is -2.73. The van der Waals surface area contributed by atoms with Crippen molar-refractivity contribution in [3.8, 4) is 11.5 Å². The minimum atomic E-state index is -0.602. The van der Waals surface area contributed by atoms with Crippen LogP contribution in [0.15, 0.2) is 42.5 Å². The van der Waals surface area contributed by atoms with Crippen LogP contribution in [0.1, 0.15) is 24.2 Å². The fraction of sp³-hybridized carbons (Fsp3) is 0.263. The number of hydrogen-bond acceptors (Lipinski definition) is 5. The molecule has 0 heterocycles. The first-order valence-corrected chi connectivity index (χ1v) is 8.34. The van der Waals surface area contributed by atoms with Crippen LogP contribution in [0.5, 0.6) is 11.5 Å². The second-order valence-electron chi connectivity index (χ2n) is 5.66. The van der Waals surface area contributed by atoms with Crippen LogP contribution >= 0.6 is 11.6 Å². The van der Waals surface area contributed by atoms with Crippen molar-refractivity contribution in [2.45, 2.75) is 20.0 Å². The van der Waals surface area contributed by atoms with Crippen LogP contribution in [-0.4, -0.2) is 31.7 Å². The van der Waals surface area contributed by atoms with E-state index < -0.39 is 18.5 Å². The molecule has 0 unspecified atom stereocenters. The number of benzene rings is 2. The lowest BCUT2D eigenvalue weighted by Crippen LogP contribution is -2.21. The molecule has 0 aliphatic carbocycles. The number of anilines is 1. The van der Waals surface area contributed by atoms with Crippen LogP contribution in [0.3, 0.4) is 0 Å². The number of halogens is 1. The third kappa shape index (κ3) is 5.67. The molecule has 0 aliphatic heterocycles. The standard InChI is InChI=1S/C19H20ClNO5/c1-12(2)26-15-7-4-13(5-8-15)19(23)25-11-18(22)21-16-10-14(20)6-9-17(16)24-3/h4-10,12H,11H2,1-3H3,(H,21,22). The van der Waals surface area contributed by atoms with Gasteiger partial charge in [0.05, 0.1) is 24.5 Å². The minimum Gasteiger partial charge on any atom is -0.495 e. The van der Waals surface area contributed by atoms with Crippen LogP contribution in [-0.2, 0) is 9.53 Å². The maximum atomic E-state index is 12.0. The van der Waals surface area contributed by atoms with Crippen molar-refractivity contribution >= 4 is 29.2 Å². The van der Waals surface area contributed by atoms with Gasteiger partial charge >= 0.3 is 5.97 Å². The average molecular weight is 378 g/mol. The second-order valence-corrected chi connectivity index (χ2v) is 6.10. The summed E-state index contributed by atoms with van der Waals surface area (Å²) in [6, 6.07) is 11.3. The van der Waals surface area contributed by atoms with Gasteiger partial charge in [0, 0.05) is 5.02 Å². The van der Waals surface area contributed by atoms with Gasteiger partial charge in [-0.2, -0.15) is 0 Å². The third-order valence-corrected chi connectivity index (χ3v) is 3.47. The van der Waals surface area contributed by atoms with Crippen LogP contribution in [0.4, 0.5) is 5.69 Å². The molecule has 0 saturated carbocycles. The summed E-state index contributed by atoms with van der Waals surface area (Å²) in [6.45, 7) is 3.39. The van der Waals surface area contributed by atoms with E-state index in [1.165, 1.54) is 7.11 Å². The van der Waals surface area contributed by atoms with Gasteiger partial charge < -0.3 is 19.5 Å². The summed E-state index contributed by atoms with van der Waals surface area (Å²) in [4.78, 5) is 24.0. The number of esters is 1. The summed E-state index contributed by atoms with van der Waals surface area (Å²) in [5.74, 6) is 0.00476. The Bertz CT molecular complexity index is 774. The second kappa shape index (κ2) is 9.10. The Morgan fingerprint density at radius 1 is 1.12 bits per heavy atom. The van der Waals surface area contributed by atoms with Gasteiger partial charge in [0.1, 0.15) is 11.5 Å². The van der Waals surface area contributed by atoms with Crippen molar-refractivity contribution in [2.24, 2.45) is 0 Å². The Kier molecular flexibility index (Phi) is 6.86. The molecule has 1 N–H and O–H groups in total. The van der Waals surface area contributed by atoms with Gasteiger partial charge in [-0.25, -0.2) is 4.79 Å². The van der Waals surface area contributed by atoms with Crippen LogP contribution in [0, 0.1) is 0 Å². The zero-order chi connectivity index (χ0) is 19.1. The van der Waals surface area contributed by atoms with E-state index in [-0.39, 0.29) is 6.10 Å². The molecule has 0 aromatic heterocycles. The number of methoxy groups -OCH3 is 1. The number of rotatable bonds is 7. The molecule has 138 valence electrons. The first kappa shape index (κ1) is 19.6. The number of hydrogen-bond donors (Lipinski definition) is 1. The van der Waals surface area contributed by atoms with Crippen molar-refractivity contribution < 1.29 is 23.8 Å². The van der Waals surface area contributed by atoms with E-state index in [0.717, 1.165) is 0 Å². The molecule has 0 spiro atoms. The topological polar surface area (TPSA) is 73.9 Å². The van der Waals surface area contributed by atoms with E-state index in [2.05, 4.69) is 5.32 Å². The van der Waals surface area contributed by atoms with Crippen molar-refractivity contribution in [3.63, 3.8) is 0 Å². The van der Waals surface area contributed by atoms with Crippen LogP contribution in [0.2, 0.25) is 5.02 Å². The quantitative estimate of drug-likeness (QED) is 0.740. The molecular weight excluding hydrogens is 358 g/mol. The Morgan fingerprint density at radius 2 is 1.81 bits per heavy atom. The van der Waals surface area contributed by atoms with Gasteiger partial charge in [0.25, 0.3) is 5.91 Å². The number of carbonyl (C=O) groups is 2. The van der Waals surface area contributed by atoms with Crippen molar-refractivity contribution in [1.29, 1.82) is 0 Å². The molecule has 6 nitrogen and oxygen atoms in total. The first-order valence-electron chi connectivity index (χ1n) is 7.96. The molecule has 0 aliphatic rings. The maximum Gasteiger partial charge on any atom is 0.338 e. The molecule has 2 aromatic carbocycles. The highest BCUT2D eigenvalue weighted by molar-refractivity contribution is 6.31. The van der Waals surface area contributed by atoms with Crippen LogP contribution in [0.25, 0.3) is 0 Å². The third-order valence-electron chi connectivity index (χ3n) is 3.23. The Balaban J connectivity index is 1.90. The van der Waals surface area contributed by atoms with Gasteiger partial charge in [-0.05, 0) is 56.3 Å². The predicted octanol–water partition coefficient (Wildman–Crippen LogP) is 3.93. The van der Waals surface area contributed by atoms with Gasteiger partial charge in [-0.1, -0.05) is 11.6 Å². The summed E-state index contributed by atoms with van der Waals surface area (Å²) < 4.78 is 15.7. The molecule has 2 rings (SSSR count). The monoisotopic (exact) mass is 377 g/mol. The largest absolute Gasteiger partial charge is 0.495 e. The molecule has 26 heavy (non-hydrogen) atoms. The molecule has 2 aromatic rings. The molecule has 0 atom stereocenters. The zero-order valence-corrected chi connectivity index (χ0v) is 15.5. The number of nitrogens with one attached hydrogen (secondary N) is 1. The lowest BCUT2D eigenvalue weighted by Gasteiger charge is -2.11. The molecule has 7 heteroatoms. The molecule has 1 amide bonds.